The quantitative estimate of drug-likeness (QED) is 0.756. The molecule has 1 aliphatic heterocycles. The maximum absolute atomic E-state index is 4.95. The van der Waals surface area contributed by atoms with E-state index in [1.165, 1.54) is 33.7 Å². The van der Waals surface area contributed by atoms with E-state index in [1.54, 1.807) is 0 Å². The summed E-state index contributed by atoms with van der Waals surface area (Å²) in [6.07, 6.45) is 2.40. The van der Waals surface area contributed by atoms with E-state index in [9.17, 15) is 0 Å². The summed E-state index contributed by atoms with van der Waals surface area (Å²) in [6.45, 7) is 4.49. The number of thiazole rings is 1. The van der Waals surface area contributed by atoms with E-state index in [4.69, 9.17) is 4.98 Å². The van der Waals surface area contributed by atoms with Gasteiger partial charge < -0.3 is 10.2 Å². The Morgan fingerprint density at radius 1 is 1.12 bits per heavy atom. The maximum atomic E-state index is 4.95. The SMILES string of the molecule is Cc1cccc(C(NC2CCN(C)CC2)c2nc3ccccc3s2)c1. The molecule has 0 aliphatic carbocycles. The molecule has 3 nitrogen and oxygen atoms in total. The van der Waals surface area contributed by atoms with Gasteiger partial charge in [-0.1, -0.05) is 42.0 Å². The third-order valence-corrected chi connectivity index (χ3v) is 6.16. The molecule has 2 aromatic carbocycles. The number of aromatic nitrogens is 1. The first-order chi connectivity index (χ1) is 12.2. The Morgan fingerprint density at radius 2 is 1.92 bits per heavy atom. The first-order valence-electron chi connectivity index (χ1n) is 9.06. The van der Waals surface area contributed by atoms with Gasteiger partial charge in [-0.3, -0.25) is 0 Å². The Hall–Kier alpha value is -1.75. The lowest BCUT2D eigenvalue weighted by molar-refractivity contribution is 0.229. The van der Waals surface area contributed by atoms with Gasteiger partial charge in [-0.15, -0.1) is 11.3 Å². The van der Waals surface area contributed by atoms with Crippen molar-refractivity contribution in [1.82, 2.24) is 15.2 Å². The first kappa shape index (κ1) is 16.7. The Bertz CT molecular complexity index is 816. The van der Waals surface area contributed by atoms with Gasteiger partial charge in [0.15, 0.2) is 0 Å². The van der Waals surface area contributed by atoms with E-state index in [2.05, 4.69) is 72.7 Å². The van der Waals surface area contributed by atoms with Crippen LogP contribution in [-0.4, -0.2) is 36.1 Å². The van der Waals surface area contributed by atoms with Crippen molar-refractivity contribution in [2.45, 2.75) is 31.8 Å². The predicted octanol–water partition coefficient (Wildman–Crippen LogP) is 4.38. The van der Waals surface area contributed by atoms with Gasteiger partial charge >= 0.3 is 0 Å². The Balaban J connectivity index is 1.67. The highest BCUT2D eigenvalue weighted by atomic mass is 32.1. The minimum atomic E-state index is 0.172. The average Bonchev–Trinajstić information content (AvgIpc) is 3.05. The van der Waals surface area contributed by atoms with Gasteiger partial charge in [0.2, 0.25) is 0 Å². The highest BCUT2D eigenvalue weighted by molar-refractivity contribution is 7.18. The normalized spacial score (nSPS) is 17.8. The van der Waals surface area contributed by atoms with Crippen LogP contribution in [0, 0.1) is 6.92 Å². The Labute approximate surface area is 153 Å². The zero-order valence-corrected chi connectivity index (χ0v) is 15.7. The second-order valence-corrected chi connectivity index (χ2v) is 8.17. The molecule has 0 spiro atoms. The average molecular weight is 352 g/mol. The number of para-hydroxylation sites is 1. The second-order valence-electron chi connectivity index (χ2n) is 7.11. The third kappa shape index (κ3) is 3.76. The van der Waals surface area contributed by atoms with Crippen LogP contribution in [0.5, 0.6) is 0 Å². The second kappa shape index (κ2) is 7.24. The fraction of sp³-hybridized carbons (Fsp3) is 0.381. The van der Waals surface area contributed by atoms with Crippen molar-refractivity contribution in [3.05, 3.63) is 64.7 Å². The van der Waals surface area contributed by atoms with Crippen LogP contribution in [0.4, 0.5) is 0 Å². The van der Waals surface area contributed by atoms with E-state index in [-0.39, 0.29) is 6.04 Å². The van der Waals surface area contributed by atoms with Gasteiger partial charge in [-0.25, -0.2) is 4.98 Å². The number of hydrogen-bond acceptors (Lipinski definition) is 4. The molecule has 0 amide bonds. The molecule has 0 radical (unpaired) electrons. The summed E-state index contributed by atoms with van der Waals surface area (Å²) in [4.78, 5) is 7.36. The molecule has 1 aliphatic rings. The molecule has 0 bridgehead atoms. The maximum Gasteiger partial charge on any atom is 0.115 e. The molecule has 1 atom stereocenters. The number of hydrogen-bond donors (Lipinski definition) is 1. The molecular weight excluding hydrogens is 326 g/mol. The number of nitrogens with one attached hydrogen (secondary N) is 1. The van der Waals surface area contributed by atoms with Crippen LogP contribution in [0.3, 0.4) is 0 Å². The summed E-state index contributed by atoms with van der Waals surface area (Å²) >= 11 is 1.81. The summed E-state index contributed by atoms with van der Waals surface area (Å²) in [5.74, 6) is 0. The largest absolute Gasteiger partial charge is 0.306 e. The fourth-order valence-corrected chi connectivity index (χ4v) is 4.64. The number of likely N-dealkylation sites (tertiary alicyclic amines) is 1. The van der Waals surface area contributed by atoms with Crippen LogP contribution in [0.25, 0.3) is 10.2 Å². The van der Waals surface area contributed by atoms with E-state index in [0.717, 1.165) is 18.6 Å². The van der Waals surface area contributed by atoms with E-state index in [1.807, 2.05) is 11.3 Å². The summed E-state index contributed by atoms with van der Waals surface area (Å²) in [7, 11) is 2.21. The van der Waals surface area contributed by atoms with Crippen molar-refractivity contribution in [3.63, 3.8) is 0 Å². The van der Waals surface area contributed by atoms with Crippen LogP contribution in [0.1, 0.15) is 35.0 Å². The van der Waals surface area contributed by atoms with Crippen LogP contribution in [0.2, 0.25) is 0 Å². The molecule has 4 rings (SSSR count). The number of aryl methyl sites for hydroxylation is 1. The van der Waals surface area contributed by atoms with Crippen molar-refractivity contribution < 1.29 is 0 Å². The Morgan fingerprint density at radius 3 is 2.68 bits per heavy atom. The van der Waals surface area contributed by atoms with Gasteiger partial charge in [0, 0.05) is 6.04 Å². The first-order valence-corrected chi connectivity index (χ1v) is 9.87. The number of piperidine rings is 1. The fourth-order valence-electron chi connectivity index (χ4n) is 3.58. The molecule has 1 aromatic heterocycles. The molecule has 0 saturated carbocycles. The minimum Gasteiger partial charge on any atom is -0.306 e. The lowest BCUT2D eigenvalue weighted by Crippen LogP contribution is -2.42. The van der Waals surface area contributed by atoms with E-state index < -0.39 is 0 Å². The van der Waals surface area contributed by atoms with Crippen LogP contribution in [0.15, 0.2) is 48.5 Å². The number of fused-ring (bicyclic) bond motifs is 1. The van der Waals surface area contributed by atoms with Crippen LogP contribution >= 0.6 is 11.3 Å². The molecule has 1 saturated heterocycles. The molecule has 2 heterocycles. The van der Waals surface area contributed by atoms with Crippen molar-refractivity contribution in [3.8, 4) is 0 Å². The van der Waals surface area contributed by atoms with Crippen molar-refractivity contribution in [2.75, 3.05) is 20.1 Å². The van der Waals surface area contributed by atoms with Crippen LogP contribution in [-0.2, 0) is 0 Å². The molecule has 1 fully saturated rings. The highest BCUT2D eigenvalue weighted by Crippen LogP contribution is 2.31. The smallest absolute Gasteiger partial charge is 0.115 e. The van der Waals surface area contributed by atoms with Gasteiger partial charge in [-0.05, 0) is 57.6 Å². The number of nitrogens with zero attached hydrogens (tertiary/aromatic N) is 2. The lowest BCUT2D eigenvalue weighted by atomic mass is 10.00. The summed E-state index contributed by atoms with van der Waals surface area (Å²) in [5, 5.41) is 5.09. The van der Waals surface area contributed by atoms with Crippen LogP contribution < -0.4 is 5.32 Å². The summed E-state index contributed by atoms with van der Waals surface area (Å²) in [5.41, 5.74) is 3.72. The molecule has 130 valence electrons. The standard InChI is InChI=1S/C21H25N3S/c1-15-6-5-7-16(14-15)20(22-17-10-12-24(2)13-11-17)21-23-18-8-3-4-9-19(18)25-21/h3-9,14,17,20,22H,10-13H2,1-2H3. The van der Waals surface area contributed by atoms with Crippen molar-refractivity contribution in [1.29, 1.82) is 0 Å². The van der Waals surface area contributed by atoms with Gasteiger partial charge in [0.1, 0.15) is 5.01 Å². The molecule has 4 heteroatoms. The van der Waals surface area contributed by atoms with E-state index >= 15 is 0 Å². The predicted molar refractivity (Wildman–Crippen MR) is 106 cm³/mol. The zero-order valence-electron chi connectivity index (χ0n) is 14.9. The van der Waals surface area contributed by atoms with Gasteiger partial charge in [-0.2, -0.15) is 0 Å². The minimum absolute atomic E-state index is 0.172. The van der Waals surface area contributed by atoms with Gasteiger partial charge in [0.05, 0.1) is 16.3 Å². The molecule has 1 unspecified atom stereocenters. The molecular formula is C21H25N3S. The monoisotopic (exact) mass is 351 g/mol. The molecule has 25 heavy (non-hydrogen) atoms. The zero-order chi connectivity index (χ0) is 17.2. The van der Waals surface area contributed by atoms with E-state index in [0.29, 0.717) is 6.04 Å². The Kier molecular flexibility index (Phi) is 4.84. The molecule has 3 aromatic rings. The van der Waals surface area contributed by atoms with Crippen molar-refractivity contribution >= 4 is 21.6 Å². The molecule has 1 N–H and O–H groups in total. The number of rotatable bonds is 4. The summed E-state index contributed by atoms with van der Waals surface area (Å²) < 4.78 is 1.26. The topological polar surface area (TPSA) is 28.2 Å². The van der Waals surface area contributed by atoms with Gasteiger partial charge in [0.25, 0.3) is 0 Å². The van der Waals surface area contributed by atoms with Crippen molar-refractivity contribution in [2.24, 2.45) is 0 Å². The lowest BCUT2D eigenvalue weighted by Gasteiger charge is -2.32. The highest BCUT2D eigenvalue weighted by Gasteiger charge is 2.24. The third-order valence-electron chi connectivity index (χ3n) is 5.05. The summed E-state index contributed by atoms with van der Waals surface area (Å²) in [6, 6.07) is 18.0. The number of benzene rings is 2.